The van der Waals surface area contributed by atoms with E-state index >= 15 is 0 Å². The second kappa shape index (κ2) is 6.37. The molecule has 0 unspecified atom stereocenters. The molecule has 3 aliphatic heterocycles. The van der Waals surface area contributed by atoms with Gasteiger partial charge in [-0.3, -0.25) is 9.59 Å². The molecule has 7 heteroatoms. The fourth-order valence-electron chi connectivity index (χ4n) is 4.23. The van der Waals surface area contributed by atoms with Gasteiger partial charge in [-0.2, -0.15) is 0 Å². The molecule has 4 rings (SSSR count). The zero-order chi connectivity index (χ0) is 16.5. The zero-order valence-electron chi connectivity index (χ0n) is 13.7. The van der Waals surface area contributed by atoms with E-state index in [9.17, 15) is 9.59 Å². The molecule has 0 aromatic carbocycles. The highest BCUT2D eigenvalue weighted by Crippen LogP contribution is 2.32. The monoisotopic (exact) mass is 329 g/mol. The molecule has 7 nitrogen and oxygen atoms in total. The number of fused-ring (bicyclic) bond motifs is 2. The first kappa shape index (κ1) is 15.4. The molecule has 1 N–H and O–H groups in total. The Morgan fingerprint density at radius 1 is 1.08 bits per heavy atom. The molecule has 0 radical (unpaired) electrons. The topological polar surface area (TPSA) is 78.4 Å². The average molecular weight is 329 g/mol. The first-order valence-corrected chi connectivity index (χ1v) is 8.83. The number of carbonyl (C=O) groups is 2. The summed E-state index contributed by atoms with van der Waals surface area (Å²) in [6.07, 6.45) is 7.58. The number of carbonyl (C=O) groups excluding carboxylic acids is 2. The van der Waals surface area contributed by atoms with E-state index in [4.69, 9.17) is 0 Å². The van der Waals surface area contributed by atoms with Crippen molar-refractivity contribution in [2.24, 2.45) is 5.92 Å². The lowest BCUT2D eigenvalue weighted by Crippen LogP contribution is -2.48. The number of aromatic nitrogens is 2. The molecule has 2 bridgehead atoms. The van der Waals surface area contributed by atoms with Crippen molar-refractivity contribution in [3.05, 3.63) is 18.5 Å². The molecule has 3 fully saturated rings. The lowest BCUT2D eigenvalue weighted by Gasteiger charge is -2.36. The lowest BCUT2D eigenvalue weighted by molar-refractivity contribution is -0.139. The van der Waals surface area contributed by atoms with Crippen LogP contribution in [-0.4, -0.2) is 58.4 Å². The van der Waals surface area contributed by atoms with Gasteiger partial charge < -0.3 is 15.1 Å². The summed E-state index contributed by atoms with van der Waals surface area (Å²) in [6, 6.07) is 2.09. The molecule has 0 spiro atoms. The van der Waals surface area contributed by atoms with Crippen LogP contribution in [0.4, 0.5) is 5.95 Å². The maximum atomic E-state index is 13.1. The predicted octanol–water partition coefficient (Wildman–Crippen LogP) is 0.573. The van der Waals surface area contributed by atoms with Crippen molar-refractivity contribution in [3.63, 3.8) is 0 Å². The SMILES string of the molecule is O=C1C[C@H]2CC[C@@H](CN1)N2C(=O)C1CCN(c2ncccn2)CC1. The number of rotatable bonds is 2. The van der Waals surface area contributed by atoms with Gasteiger partial charge in [0, 0.05) is 56.5 Å². The van der Waals surface area contributed by atoms with Gasteiger partial charge in [-0.1, -0.05) is 0 Å². The summed E-state index contributed by atoms with van der Waals surface area (Å²) in [7, 11) is 0. The van der Waals surface area contributed by atoms with Crippen LogP contribution in [0.1, 0.15) is 32.1 Å². The molecule has 3 saturated heterocycles. The highest BCUT2D eigenvalue weighted by Gasteiger charge is 2.42. The van der Waals surface area contributed by atoms with Crippen LogP contribution in [0.5, 0.6) is 0 Å². The van der Waals surface area contributed by atoms with Crippen LogP contribution in [-0.2, 0) is 9.59 Å². The summed E-state index contributed by atoms with van der Waals surface area (Å²) in [4.78, 5) is 37.6. The number of nitrogens with one attached hydrogen (secondary N) is 1. The molecule has 2 atom stereocenters. The molecule has 128 valence electrons. The van der Waals surface area contributed by atoms with E-state index in [1.165, 1.54) is 0 Å². The molecule has 0 saturated carbocycles. The molecule has 1 aromatic rings. The summed E-state index contributed by atoms with van der Waals surface area (Å²) in [5.41, 5.74) is 0. The van der Waals surface area contributed by atoms with Crippen LogP contribution in [0.2, 0.25) is 0 Å². The summed E-state index contributed by atoms with van der Waals surface area (Å²) in [6.45, 7) is 2.22. The van der Waals surface area contributed by atoms with E-state index in [2.05, 4.69) is 20.2 Å². The normalized spacial score (nSPS) is 27.8. The maximum Gasteiger partial charge on any atom is 0.226 e. The Balaban J connectivity index is 1.40. The first-order valence-electron chi connectivity index (χ1n) is 8.83. The van der Waals surface area contributed by atoms with E-state index in [0.717, 1.165) is 44.7 Å². The van der Waals surface area contributed by atoms with Crippen molar-refractivity contribution in [1.82, 2.24) is 20.2 Å². The van der Waals surface area contributed by atoms with Gasteiger partial charge in [-0.25, -0.2) is 9.97 Å². The van der Waals surface area contributed by atoms with Crippen LogP contribution in [0.25, 0.3) is 0 Å². The van der Waals surface area contributed by atoms with Crippen LogP contribution < -0.4 is 10.2 Å². The molecule has 0 aliphatic carbocycles. The number of hydrogen-bond donors (Lipinski definition) is 1. The minimum atomic E-state index is 0.0567. The van der Waals surface area contributed by atoms with Crippen LogP contribution >= 0.6 is 0 Å². The van der Waals surface area contributed by atoms with Crippen molar-refractivity contribution >= 4 is 17.8 Å². The minimum absolute atomic E-state index is 0.0567. The molecule has 1 aromatic heterocycles. The number of hydrogen-bond acceptors (Lipinski definition) is 5. The van der Waals surface area contributed by atoms with Crippen LogP contribution in [0.3, 0.4) is 0 Å². The van der Waals surface area contributed by atoms with Gasteiger partial charge in [0.05, 0.1) is 0 Å². The molecule has 3 aliphatic rings. The lowest BCUT2D eigenvalue weighted by atomic mass is 9.94. The van der Waals surface area contributed by atoms with Crippen molar-refractivity contribution in [3.8, 4) is 0 Å². The number of amides is 2. The van der Waals surface area contributed by atoms with Gasteiger partial charge in [-0.05, 0) is 31.7 Å². The van der Waals surface area contributed by atoms with Crippen molar-refractivity contribution in [1.29, 1.82) is 0 Å². The number of anilines is 1. The van der Waals surface area contributed by atoms with E-state index in [1.807, 2.05) is 11.0 Å². The fourth-order valence-corrected chi connectivity index (χ4v) is 4.23. The minimum Gasteiger partial charge on any atom is -0.354 e. The third-order valence-electron chi connectivity index (χ3n) is 5.51. The van der Waals surface area contributed by atoms with Gasteiger partial charge in [0.1, 0.15) is 0 Å². The predicted molar refractivity (Wildman–Crippen MR) is 88.3 cm³/mol. The van der Waals surface area contributed by atoms with Crippen LogP contribution in [0, 0.1) is 5.92 Å². The highest BCUT2D eigenvalue weighted by atomic mass is 16.2. The molecule has 24 heavy (non-hydrogen) atoms. The Morgan fingerprint density at radius 3 is 2.54 bits per heavy atom. The summed E-state index contributed by atoms with van der Waals surface area (Å²) >= 11 is 0. The molecule has 2 amide bonds. The third kappa shape index (κ3) is 2.83. The second-order valence-corrected chi connectivity index (χ2v) is 6.95. The summed E-state index contributed by atoms with van der Waals surface area (Å²) in [5, 5.41) is 2.93. The Bertz CT molecular complexity index is 615. The molecule has 4 heterocycles. The Labute approximate surface area is 141 Å². The Morgan fingerprint density at radius 2 is 1.79 bits per heavy atom. The average Bonchev–Trinajstić information content (AvgIpc) is 2.94. The largest absolute Gasteiger partial charge is 0.354 e. The van der Waals surface area contributed by atoms with E-state index in [-0.39, 0.29) is 29.8 Å². The van der Waals surface area contributed by atoms with Gasteiger partial charge >= 0.3 is 0 Å². The summed E-state index contributed by atoms with van der Waals surface area (Å²) < 4.78 is 0. The van der Waals surface area contributed by atoms with E-state index < -0.39 is 0 Å². The molecular formula is C17H23N5O2. The second-order valence-electron chi connectivity index (χ2n) is 6.95. The Hall–Kier alpha value is -2.18. The van der Waals surface area contributed by atoms with Gasteiger partial charge in [-0.15, -0.1) is 0 Å². The number of piperidine rings is 1. The fraction of sp³-hybridized carbons (Fsp3) is 0.647. The maximum absolute atomic E-state index is 13.1. The molecular weight excluding hydrogens is 306 g/mol. The summed E-state index contributed by atoms with van der Waals surface area (Å²) in [5.74, 6) is 1.12. The van der Waals surface area contributed by atoms with Gasteiger partial charge in [0.15, 0.2) is 0 Å². The van der Waals surface area contributed by atoms with Gasteiger partial charge in [0.2, 0.25) is 17.8 Å². The zero-order valence-corrected chi connectivity index (χ0v) is 13.7. The smallest absolute Gasteiger partial charge is 0.226 e. The van der Waals surface area contributed by atoms with Crippen molar-refractivity contribution in [2.75, 3.05) is 24.5 Å². The van der Waals surface area contributed by atoms with Gasteiger partial charge in [0.25, 0.3) is 0 Å². The standard InChI is InChI=1S/C17H23N5O2/c23-15-10-13-2-3-14(11-20-15)22(13)16(24)12-4-8-21(9-5-12)17-18-6-1-7-19-17/h1,6-7,12-14H,2-5,8-11H2,(H,20,23)/t13-,14+/m1/s1. The quantitative estimate of drug-likeness (QED) is 0.858. The highest BCUT2D eigenvalue weighted by molar-refractivity contribution is 5.83. The van der Waals surface area contributed by atoms with Crippen molar-refractivity contribution in [2.45, 2.75) is 44.2 Å². The van der Waals surface area contributed by atoms with Crippen LogP contribution in [0.15, 0.2) is 18.5 Å². The van der Waals surface area contributed by atoms with Crippen molar-refractivity contribution < 1.29 is 9.59 Å². The third-order valence-corrected chi connectivity index (χ3v) is 5.51. The number of nitrogens with zero attached hydrogens (tertiary/aromatic N) is 4. The van der Waals surface area contributed by atoms with E-state index in [0.29, 0.717) is 13.0 Å². The Kier molecular flexibility index (Phi) is 4.08. The van der Waals surface area contributed by atoms with E-state index in [1.54, 1.807) is 12.4 Å². The first-order chi connectivity index (χ1) is 11.7.